The molecule has 0 radical (unpaired) electrons. The lowest BCUT2D eigenvalue weighted by Crippen LogP contribution is -2.44. The number of ketones is 2. The summed E-state index contributed by atoms with van der Waals surface area (Å²) < 4.78 is 52.5. The molecule has 0 aromatic heterocycles. The van der Waals surface area contributed by atoms with Crippen molar-refractivity contribution in [1.29, 1.82) is 0 Å². The number of alkyl halides is 3. The molecule has 103 heavy (non-hydrogen) atoms. The van der Waals surface area contributed by atoms with Crippen molar-refractivity contribution in [1.82, 2.24) is 0 Å². The Balaban J connectivity index is 0.879. The second kappa shape index (κ2) is 28.9. The van der Waals surface area contributed by atoms with Gasteiger partial charge in [-0.1, -0.05) is 308 Å². The van der Waals surface area contributed by atoms with E-state index in [0.717, 1.165) is 55.6 Å². The maximum Gasteiger partial charge on any atom is 0.406 e. The van der Waals surface area contributed by atoms with E-state index in [1.807, 2.05) is 279 Å². The van der Waals surface area contributed by atoms with Crippen LogP contribution in [-0.4, -0.2) is 17.7 Å². The van der Waals surface area contributed by atoms with Gasteiger partial charge in [-0.05, 0) is 158 Å². The molecule has 2 aliphatic rings. The van der Waals surface area contributed by atoms with Crippen molar-refractivity contribution in [3.05, 3.63) is 464 Å². The second-order valence-electron chi connectivity index (χ2n) is 24.9. The van der Waals surface area contributed by atoms with Crippen molar-refractivity contribution >= 4 is 56.2 Å². The smallest absolute Gasteiger partial charge is 0.289 e. The van der Waals surface area contributed by atoms with Crippen LogP contribution in [0, 0.1) is 47.4 Å². The zero-order chi connectivity index (χ0) is 70.1. The maximum absolute atomic E-state index is 17.5. The van der Waals surface area contributed by atoms with Gasteiger partial charge in [0.2, 0.25) is 0 Å². The largest absolute Gasteiger partial charge is 0.406 e. The van der Waals surface area contributed by atoms with Crippen LogP contribution in [0.5, 0.6) is 0 Å². The van der Waals surface area contributed by atoms with E-state index >= 15 is 22.8 Å². The Morgan fingerprint density at radius 1 is 0.175 bits per heavy atom. The molecule has 0 N–H and O–H groups in total. The number of hydrogen-bond acceptors (Lipinski definition) is 2. The fourth-order valence-corrected chi connectivity index (χ4v) is 13.7. The quantitative estimate of drug-likeness (QED) is 0.0955. The van der Waals surface area contributed by atoms with Crippen molar-refractivity contribution < 1.29 is 22.8 Å². The lowest BCUT2D eigenvalue weighted by Gasteiger charge is -2.38. The Morgan fingerprint density at radius 2 is 0.340 bits per heavy atom. The molecule has 0 saturated carbocycles. The molecule has 0 heterocycles. The van der Waals surface area contributed by atoms with Gasteiger partial charge >= 0.3 is 6.18 Å². The van der Waals surface area contributed by atoms with Crippen LogP contribution in [0.2, 0.25) is 0 Å². The Labute approximate surface area is 597 Å². The first-order valence-corrected chi connectivity index (χ1v) is 33.8. The summed E-state index contributed by atoms with van der Waals surface area (Å²) in [6.45, 7) is 0. The zero-order valence-corrected chi connectivity index (χ0v) is 55.5. The Morgan fingerprint density at radius 3 is 0.563 bits per heavy atom. The van der Waals surface area contributed by atoms with Crippen LogP contribution in [0.15, 0.2) is 358 Å². The topological polar surface area (TPSA) is 34.1 Å². The van der Waals surface area contributed by atoms with E-state index in [0.29, 0.717) is 78.0 Å². The number of carbonyl (C=O) groups is 2. The molecule has 484 valence electrons. The summed E-state index contributed by atoms with van der Waals surface area (Å²) in [6, 6.07) is 109. The number of carbonyl (C=O) groups excluding carboxylic acids is 2. The summed E-state index contributed by atoms with van der Waals surface area (Å²) in [6.07, 6.45) is -4.95. The first kappa shape index (κ1) is 65.1. The Hall–Kier alpha value is -13.8. The molecule has 0 saturated heterocycles. The minimum absolute atomic E-state index is 0.00562. The van der Waals surface area contributed by atoms with Gasteiger partial charge in [0.25, 0.3) is 0 Å². The van der Waals surface area contributed by atoms with Gasteiger partial charge in [-0.3, -0.25) is 9.59 Å². The van der Waals surface area contributed by atoms with Crippen molar-refractivity contribution in [2.75, 3.05) is 0 Å². The number of allylic oxidation sites excluding steroid dienone is 8. The van der Waals surface area contributed by atoms with E-state index in [9.17, 15) is 0 Å². The predicted molar refractivity (Wildman–Crippen MR) is 411 cm³/mol. The highest BCUT2D eigenvalue weighted by molar-refractivity contribution is 6.60. The minimum Gasteiger partial charge on any atom is -0.289 e. The van der Waals surface area contributed by atoms with Crippen LogP contribution in [0.1, 0.15) is 106 Å². The molecule has 0 spiro atoms. The summed E-state index contributed by atoms with van der Waals surface area (Å²) in [5.41, 5.74) is 12.7. The number of Topliss-reactive ketones (excluding diaryl/α,β-unsaturated/α-hetero) is 2. The van der Waals surface area contributed by atoms with E-state index in [1.165, 1.54) is 12.1 Å². The molecule has 0 amide bonds. The Bertz CT molecular complexity index is 5420. The molecule has 2 aliphatic carbocycles. The van der Waals surface area contributed by atoms with Gasteiger partial charge in [-0.15, -0.1) is 0 Å². The van der Waals surface area contributed by atoms with E-state index in [1.54, 1.807) is 66.7 Å². The highest BCUT2D eigenvalue weighted by Crippen LogP contribution is 2.55. The average Bonchev–Trinajstić information content (AvgIpc) is 1.72. The van der Waals surface area contributed by atoms with Crippen LogP contribution >= 0.6 is 0 Å². The van der Waals surface area contributed by atoms with E-state index in [4.69, 9.17) is 0 Å². The monoisotopic (exact) mass is 1320 g/mol. The van der Waals surface area contributed by atoms with Crippen LogP contribution in [-0.2, 0) is 15.0 Å². The molecule has 15 rings (SSSR count). The third kappa shape index (κ3) is 13.4. The van der Waals surface area contributed by atoms with Crippen molar-refractivity contribution in [3.8, 4) is 47.4 Å². The minimum atomic E-state index is -4.95. The predicted octanol–water partition coefficient (Wildman–Crippen LogP) is 21.4. The molecule has 13 aromatic rings. The second-order valence-corrected chi connectivity index (χ2v) is 24.9. The maximum atomic E-state index is 17.5. The molecule has 13 aromatic carbocycles. The van der Waals surface area contributed by atoms with Gasteiger partial charge in [0.05, 0.1) is 0 Å². The standard InChI is InChI=1S/C98H59F3O2/c99-98(100,101)97(84-34-20-7-21-35-84,85-64-60-78(61-65-85)89-87(76-30-16-5-17-31-76)91(80-52-44-72(45-53-80)40-36-68-22-8-1-9-23-68)95(102)93(89)82-56-48-74(49-57-82)42-38-70-26-12-3-13-27-70)86-66-62-79(63-67-86)90-88(77-32-18-6-19-33-77)92(81-54-46-73(47-55-81)41-37-69-24-10-2-11-25-69)96(103)94(90)83-58-50-75(51-59-83)43-39-71-28-14-4-15-29-71/h1-35,44-67H. The van der Waals surface area contributed by atoms with Gasteiger partial charge in [-0.25, -0.2) is 0 Å². The summed E-state index contributed by atoms with van der Waals surface area (Å²) >= 11 is 0. The Kier molecular flexibility index (Phi) is 18.3. The van der Waals surface area contributed by atoms with E-state index < -0.39 is 11.6 Å². The van der Waals surface area contributed by atoms with Crippen LogP contribution in [0.25, 0.3) is 44.6 Å². The molecule has 0 atom stereocenters. The van der Waals surface area contributed by atoms with Gasteiger partial charge in [0.15, 0.2) is 11.6 Å². The SMILES string of the molecule is O=C1C(c2ccc(C#Cc3ccccc3)cc2)=C(c2ccccc2)C(c2ccc(C(c3ccccc3)(c3ccc(C4=C(c5ccc(C#Cc6ccccc6)cc5)C(=O)C(c5ccc(C#Cc6ccccc6)cc5)=C4c4ccccc4)cc3)C(F)(F)F)cc2)=C1c1ccc(C#Cc2ccccc2)cc1. The number of rotatable bonds is 11. The summed E-state index contributed by atoms with van der Waals surface area (Å²) in [4.78, 5) is 31.7. The van der Waals surface area contributed by atoms with Crippen molar-refractivity contribution in [3.63, 3.8) is 0 Å². The molecular weight excluding hydrogens is 1270 g/mol. The third-order valence-corrected chi connectivity index (χ3v) is 18.6. The molecule has 2 nitrogen and oxygen atoms in total. The number of hydrogen-bond donors (Lipinski definition) is 0. The number of halogens is 3. The molecule has 5 heteroatoms. The van der Waals surface area contributed by atoms with Crippen LogP contribution in [0.4, 0.5) is 13.2 Å². The van der Waals surface area contributed by atoms with E-state index in [-0.39, 0.29) is 28.3 Å². The lowest BCUT2D eigenvalue weighted by molar-refractivity contribution is -0.166. The fourth-order valence-electron chi connectivity index (χ4n) is 13.7. The lowest BCUT2D eigenvalue weighted by atomic mass is 9.68. The van der Waals surface area contributed by atoms with Crippen LogP contribution < -0.4 is 0 Å². The van der Waals surface area contributed by atoms with Gasteiger partial charge in [0.1, 0.15) is 5.41 Å². The van der Waals surface area contributed by atoms with Crippen molar-refractivity contribution in [2.45, 2.75) is 11.6 Å². The van der Waals surface area contributed by atoms with Gasteiger partial charge in [0, 0.05) is 89.1 Å². The molecule has 0 fully saturated rings. The molecular formula is C98H59F3O2. The van der Waals surface area contributed by atoms with Crippen LogP contribution in [0.3, 0.4) is 0 Å². The van der Waals surface area contributed by atoms with E-state index in [2.05, 4.69) is 47.4 Å². The first-order chi connectivity index (χ1) is 50.6. The summed E-state index contributed by atoms with van der Waals surface area (Å²) in [7, 11) is 0. The summed E-state index contributed by atoms with van der Waals surface area (Å²) in [5.74, 6) is 25.5. The molecule has 0 bridgehead atoms. The van der Waals surface area contributed by atoms with Gasteiger partial charge in [-0.2, -0.15) is 13.2 Å². The summed E-state index contributed by atoms with van der Waals surface area (Å²) in [5, 5.41) is 0. The first-order valence-electron chi connectivity index (χ1n) is 33.8. The normalized spacial score (nSPS) is 12.8. The molecule has 0 aliphatic heterocycles. The number of benzene rings is 13. The molecule has 0 unspecified atom stereocenters. The third-order valence-electron chi connectivity index (χ3n) is 18.6. The average molecular weight is 1330 g/mol. The zero-order valence-electron chi connectivity index (χ0n) is 55.5. The highest BCUT2D eigenvalue weighted by atomic mass is 19.4. The van der Waals surface area contributed by atoms with Crippen molar-refractivity contribution in [2.24, 2.45) is 0 Å². The highest BCUT2D eigenvalue weighted by Gasteiger charge is 2.58. The van der Waals surface area contributed by atoms with Gasteiger partial charge < -0.3 is 0 Å². The fraction of sp³-hybridized carbons (Fsp3) is 0.0204.